The second kappa shape index (κ2) is 6.48. The lowest BCUT2D eigenvalue weighted by Crippen LogP contribution is -1.98. The van der Waals surface area contributed by atoms with Crippen molar-refractivity contribution >= 4 is 10.9 Å². The van der Waals surface area contributed by atoms with Crippen LogP contribution in [0.2, 0.25) is 0 Å². The summed E-state index contributed by atoms with van der Waals surface area (Å²) in [5.74, 6) is 0. The van der Waals surface area contributed by atoms with Crippen LogP contribution in [0.5, 0.6) is 0 Å². The Kier molecular flexibility index (Phi) is 4.68. The van der Waals surface area contributed by atoms with E-state index in [2.05, 4.69) is 42.0 Å². The van der Waals surface area contributed by atoms with Gasteiger partial charge < -0.3 is 0 Å². The Hall–Kier alpha value is -1.44. The zero-order valence-electron chi connectivity index (χ0n) is 11.4. The van der Waals surface area contributed by atoms with E-state index in [0.717, 1.165) is 18.4 Å². The van der Waals surface area contributed by atoms with Crippen LogP contribution in [-0.2, 0) is 12.8 Å². The van der Waals surface area contributed by atoms with Gasteiger partial charge in [0.15, 0.2) is 0 Å². The molecule has 0 atom stereocenters. The van der Waals surface area contributed by atoms with E-state index in [9.17, 15) is 0 Å². The monoisotopic (exact) mass is 242 g/mol. The molecule has 0 spiro atoms. The minimum atomic E-state index is 1.07. The molecule has 0 fully saturated rings. The highest BCUT2D eigenvalue weighted by Crippen LogP contribution is 2.22. The van der Waals surface area contributed by atoms with Gasteiger partial charge in [-0.15, -0.1) is 0 Å². The Morgan fingerprint density at radius 3 is 2.50 bits per heavy atom. The average molecular weight is 242 g/mol. The molecule has 2 nitrogen and oxygen atoms in total. The van der Waals surface area contributed by atoms with Crippen molar-refractivity contribution in [1.82, 2.24) is 9.97 Å². The zero-order chi connectivity index (χ0) is 12.8. The highest BCUT2D eigenvalue weighted by atomic mass is 14.8. The maximum absolute atomic E-state index is 4.50. The molecule has 0 unspecified atom stereocenters. The summed E-state index contributed by atoms with van der Waals surface area (Å²) in [5.41, 5.74) is 3.75. The lowest BCUT2D eigenvalue weighted by molar-refractivity contribution is 0.774. The van der Waals surface area contributed by atoms with E-state index in [1.165, 1.54) is 42.3 Å². The molecule has 0 saturated heterocycles. The molecule has 2 aromatic rings. The third-order valence-electron chi connectivity index (χ3n) is 3.39. The van der Waals surface area contributed by atoms with E-state index in [0.29, 0.717) is 0 Å². The van der Waals surface area contributed by atoms with Crippen LogP contribution in [0.25, 0.3) is 10.9 Å². The van der Waals surface area contributed by atoms with Gasteiger partial charge in [-0.05, 0) is 37.3 Å². The van der Waals surface area contributed by atoms with Crippen LogP contribution in [0, 0.1) is 0 Å². The van der Waals surface area contributed by atoms with Gasteiger partial charge in [-0.1, -0.05) is 38.8 Å². The largest absolute Gasteiger partial charge is 0.241 e. The minimum absolute atomic E-state index is 1.07. The highest BCUT2D eigenvalue weighted by Gasteiger charge is 2.07. The molecule has 0 amide bonds. The Bertz CT molecular complexity index is 463. The maximum Gasteiger partial charge on any atom is 0.116 e. The minimum Gasteiger partial charge on any atom is -0.241 e. The molecule has 18 heavy (non-hydrogen) atoms. The number of fused-ring (bicyclic) bond motifs is 1. The first kappa shape index (κ1) is 13.0. The van der Waals surface area contributed by atoms with Crippen LogP contribution < -0.4 is 0 Å². The normalized spacial score (nSPS) is 11.0. The molecule has 2 rings (SSSR count). The smallest absolute Gasteiger partial charge is 0.116 e. The van der Waals surface area contributed by atoms with Crippen LogP contribution in [0.15, 0.2) is 24.5 Å². The highest BCUT2D eigenvalue weighted by molar-refractivity contribution is 5.84. The van der Waals surface area contributed by atoms with Crippen molar-refractivity contribution in [2.45, 2.75) is 52.4 Å². The SMILES string of the molecule is CCCCc1cccc2ncnc(CCCC)c12. The molecule has 0 aliphatic rings. The van der Waals surface area contributed by atoms with Crippen LogP contribution in [0.1, 0.15) is 50.8 Å². The summed E-state index contributed by atoms with van der Waals surface area (Å²) >= 11 is 0. The maximum atomic E-state index is 4.50. The second-order valence-corrected chi connectivity index (χ2v) is 4.84. The first-order valence-corrected chi connectivity index (χ1v) is 7.08. The van der Waals surface area contributed by atoms with Crippen molar-refractivity contribution in [1.29, 1.82) is 0 Å². The molecule has 1 heterocycles. The molecular formula is C16H22N2. The van der Waals surface area contributed by atoms with E-state index in [1.54, 1.807) is 6.33 Å². The van der Waals surface area contributed by atoms with E-state index in [-0.39, 0.29) is 0 Å². The molecule has 1 aromatic heterocycles. The lowest BCUT2D eigenvalue weighted by atomic mass is 9.99. The van der Waals surface area contributed by atoms with Crippen molar-refractivity contribution in [3.05, 3.63) is 35.8 Å². The number of aryl methyl sites for hydroxylation is 2. The van der Waals surface area contributed by atoms with Crippen molar-refractivity contribution < 1.29 is 0 Å². The van der Waals surface area contributed by atoms with Gasteiger partial charge in [0.2, 0.25) is 0 Å². The standard InChI is InChI=1S/C16H22N2/c1-3-5-8-13-9-7-11-15-16(13)14(10-6-4-2)17-12-18-15/h7,9,11-12H,3-6,8,10H2,1-2H3. The number of nitrogens with zero attached hydrogens (tertiary/aromatic N) is 2. The molecule has 96 valence electrons. The summed E-state index contributed by atoms with van der Waals surface area (Å²) in [6.07, 6.45) is 8.79. The first-order chi connectivity index (χ1) is 8.86. The average Bonchev–Trinajstić information content (AvgIpc) is 2.42. The van der Waals surface area contributed by atoms with E-state index < -0.39 is 0 Å². The Balaban J connectivity index is 2.42. The van der Waals surface area contributed by atoms with E-state index in [1.807, 2.05) is 0 Å². The molecule has 2 heteroatoms. The fourth-order valence-electron chi connectivity index (χ4n) is 2.36. The van der Waals surface area contributed by atoms with Gasteiger partial charge in [0, 0.05) is 5.39 Å². The molecule has 0 aliphatic carbocycles. The predicted octanol–water partition coefficient (Wildman–Crippen LogP) is 4.32. The summed E-state index contributed by atoms with van der Waals surface area (Å²) < 4.78 is 0. The molecule has 0 radical (unpaired) electrons. The number of hydrogen-bond acceptors (Lipinski definition) is 2. The number of benzene rings is 1. The first-order valence-electron chi connectivity index (χ1n) is 7.08. The predicted molar refractivity (Wildman–Crippen MR) is 76.8 cm³/mol. The number of rotatable bonds is 6. The summed E-state index contributed by atoms with van der Waals surface area (Å²) in [6.45, 7) is 4.46. The molecule has 0 aliphatic heterocycles. The van der Waals surface area contributed by atoms with Gasteiger partial charge in [-0.25, -0.2) is 9.97 Å². The topological polar surface area (TPSA) is 25.8 Å². The van der Waals surface area contributed by atoms with Crippen molar-refractivity contribution in [2.24, 2.45) is 0 Å². The van der Waals surface area contributed by atoms with Gasteiger partial charge in [-0.2, -0.15) is 0 Å². The Morgan fingerprint density at radius 2 is 1.72 bits per heavy atom. The molecule has 1 aromatic carbocycles. The summed E-state index contributed by atoms with van der Waals surface area (Å²) in [6, 6.07) is 6.45. The quantitative estimate of drug-likeness (QED) is 0.754. The van der Waals surface area contributed by atoms with Gasteiger partial charge in [0.05, 0.1) is 11.2 Å². The Labute approximate surface area is 109 Å². The molecule has 0 bridgehead atoms. The van der Waals surface area contributed by atoms with E-state index >= 15 is 0 Å². The van der Waals surface area contributed by atoms with Crippen LogP contribution in [0.4, 0.5) is 0 Å². The van der Waals surface area contributed by atoms with Crippen molar-refractivity contribution in [2.75, 3.05) is 0 Å². The Morgan fingerprint density at radius 1 is 0.944 bits per heavy atom. The second-order valence-electron chi connectivity index (χ2n) is 4.84. The summed E-state index contributed by atoms with van der Waals surface area (Å²) in [4.78, 5) is 8.91. The summed E-state index contributed by atoms with van der Waals surface area (Å²) in [7, 11) is 0. The van der Waals surface area contributed by atoms with Gasteiger partial charge >= 0.3 is 0 Å². The van der Waals surface area contributed by atoms with E-state index in [4.69, 9.17) is 0 Å². The lowest BCUT2D eigenvalue weighted by Gasteiger charge is -2.09. The van der Waals surface area contributed by atoms with Crippen molar-refractivity contribution in [3.63, 3.8) is 0 Å². The van der Waals surface area contributed by atoms with Crippen LogP contribution in [-0.4, -0.2) is 9.97 Å². The van der Waals surface area contributed by atoms with Crippen LogP contribution in [0.3, 0.4) is 0 Å². The van der Waals surface area contributed by atoms with Crippen molar-refractivity contribution in [3.8, 4) is 0 Å². The molecule has 0 N–H and O–H groups in total. The number of unbranched alkanes of at least 4 members (excludes halogenated alkanes) is 2. The molecule has 0 saturated carbocycles. The zero-order valence-corrected chi connectivity index (χ0v) is 11.4. The fraction of sp³-hybridized carbons (Fsp3) is 0.500. The number of aromatic nitrogens is 2. The molecular weight excluding hydrogens is 220 g/mol. The van der Waals surface area contributed by atoms with Gasteiger partial charge in [-0.3, -0.25) is 0 Å². The number of hydrogen-bond donors (Lipinski definition) is 0. The third-order valence-corrected chi connectivity index (χ3v) is 3.39. The van der Waals surface area contributed by atoms with Gasteiger partial charge in [0.1, 0.15) is 6.33 Å². The fourth-order valence-corrected chi connectivity index (χ4v) is 2.36. The third kappa shape index (κ3) is 2.87. The van der Waals surface area contributed by atoms with Crippen LogP contribution >= 0.6 is 0 Å². The summed E-state index contributed by atoms with van der Waals surface area (Å²) in [5, 5.41) is 1.31. The van der Waals surface area contributed by atoms with Gasteiger partial charge in [0.25, 0.3) is 0 Å².